The number of nitrogens with zero attached hydrogens (tertiary/aromatic N) is 2. The largest absolute Gasteiger partial charge is 0.378 e. The maximum atomic E-state index is 12.2. The van der Waals surface area contributed by atoms with Gasteiger partial charge in [-0.25, -0.2) is 0 Å². The van der Waals surface area contributed by atoms with E-state index in [1.807, 2.05) is 24.3 Å². The zero-order chi connectivity index (χ0) is 14.1. The van der Waals surface area contributed by atoms with Crippen molar-refractivity contribution in [1.82, 2.24) is 15.1 Å². The number of aromatic nitrogens is 2. The molecule has 0 spiro atoms. The highest BCUT2D eigenvalue weighted by atomic mass is 79.9. The van der Waals surface area contributed by atoms with E-state index in [1.54, 1.807) is 18.1 Å². The van der Waals surface area contributed by atoms with Crippen molar-refractivity contribution in [1.29, 1.82) is 0 Å². The fourth-order valence-electron chi connectivity index (χ4n) is 2.12. The quantitative estimate of drug-likeness (QED) is 0.936. The van der Waals surface area contributed by atoms with Crippen LogP contribution < -0.4 is 0 Å². The molecule has 0 aliphatic carbocycles. The SMILES string of the molecule is COC1CN(C(=O)c2cc(-c3ccc(Br)cc3)n[nH]2)C1. The Bertz CT molecular complexity index is 618. The molecule has 2 heterocycles. The second kappa shape index (κ2) is 5.38. The molecule has 2 aromatic rings. The number of H-pyrrole nitrogens is 1. The Balaban J connectivity index is 1.74. The topological polar surface area (TPSA) is 58.2 Å². The Hall–Kier alpha value is -1.66. The molecule has 0 saturated carbocycles. The summed E-state index contributed by atoms with van der Waals surface area (Å²) in [5, 5.41) is 7.00. The average Bonchev–Trinajstić information content (AvgIpc) is 2.88. The van der Waals surface area contributed by atoms with E-state index in [0.29, 0.717) is 18.8 Å². The van der Waals surface area contributed by atoms with Crippen molar-refractivity contribution in [3.63, 3.8) is 0 Å². The van der Waals surface area contributed by atoms with Crippen LogP contribution in [-0.2, 0) is 4.74 Å². The minimum absolute atomic E-state index is 0.0332. The molecular formula is C14H14BrN3O2. The zero-order valence-corrected chi connectivity index (χ0v) is 12.6. The van der Waals surface area contributed by atoms with Crippen LogP contribution in [0.5, 0.6) is 0 Å². The lowest BCUT2D eigenvalue weighted by molar-refractivity contribution is -0.0194. The molecule has 1 amide bonds. The van der Waals surface area contributed by atoms with Crippen molar-refractivity contribution < 1.29 is 9.53 Å². The molecule has 3 rings (SSSR count). The Morgan fingerprint density at radius 1 is 1.40 bits per heavy atom. The highest BCUT2D eigenvalue weighted by molar-refractivity contribution is 9.10. The lowest BCUT2D eigenvalue weighted by Crippen LogP contribution is -2.54. The second-order valence-corrected chi connectivity index (χ2v) is 5.66. The van der Waals surface area contributed by atoms with Gasteiger partial charge in [-0.2, -0.15) is 5.10 Å². The normalized spacial score (nSPS) is 15.2. The summed E-state index contributed by atoms with van der Waals surface area (Å²) in [7, 11) is 1.66. The fourth-order valence-corrected chi connectivity index (χ4v) is 2.39. The van der Waals surface area contributed by atoms with Crippen LogP contribution in [0.15, 0.2) is 34.8 Å². The van der Waals surface area contributed by atoms with Gasteiger partial charge in [0.2, 0.25) is 0 Å². The van der Waals surface area contributed by atoms with E-state index in [9.17, 15) is 4.79 Å². The highest BCUT2D eigenvalue weighted by Gasteiger charge is 2.31. The first-order valence-corrected chi connectivity index (χ1v) is 7.10. The summed E-state index contributed by atoms with van der Waals surface area (Å²) in [5.74, 6) is -0.0332. The first kappa shape index (κ1) is 13.3. The molecule has 1 aromatic heterocycles. The van der Waals surface area contributed by atoms with Crippen LogP contribution in [0.3, 0.4) is 0 Å². The number of methoxy groups -OCH3 is 1. The number of halogens is 1. The minimum atomic E-state index is -0.0332. The van der Waals surface area contributed by atoms with Crippen LogP contribution in [0.1, 0.15) is 10.5 Å². The molecule has 0 bridgehead atoms. The molecule has 20 heavy (non-hydrogen) atoms. The summed E-state index contributed by atoms with van der Waals surface area (Å²) >= 11 is 3.39. The van der Waals surface area contributed by atoms with Crippen molar-refractivity contribution in [3.8, 4) is 11.3 Å². The van der Waals surface area contributed by atoms with Crippen LogP contribution in [0.4, 0.5) is 0 Å². The number of ether oxygens (including phenoxy) is 1. The van der Waals surface area contributed by atoms with Gasteiger partial charge in [0.25, 0.3) is 5.91 Å². The van der Waals surface area contributed by atoms with E-state index >= 15 is 0 Å². The van der Waals surface area contributed by atoms with Gasteiger partial charge < -0.3 is 9.64 Å². The molecule has 1 N–H and O–H groups in total. The van der Waals surface area contributed by atoms with Gasteiger partial charge in [0, 0.05) is 30.2 Å². The van der Waals surface area contributed by atoms with E-state index in [1.165, 1.54) is 0 Å². The van der Waals surface area contributed by atoms with E-state index < -0.39 is 0 Å². The Labute approximate surface area is 125 Å². The van der Waals surface area contributed by atoms with E-state index in [-0.39, 0.29) is 12.0 Å². The van der Waals surface area contributed by atoms with E-state index in [4.69, 9.17) is 4.74 Å². The molecule has 1 fully saturated rings. The molecule has 6 heteroatoms. The third kappa shape index (κ3) is 2.48. The molecule has 1 aliphatic rings. The zero-order valence-electron chi connectivity index (χ0n) is 11.0. The number of amides is 1. The monoisotopic (exact) mass is 335 g/mol. The van der Waals surface area contributed by atoms with E-state index in [2.05, 4.69) is 26.1 Å². The predicted molar refractivity (Wildman–Crippen MR) is 78.4 cm³/mol. The summed E-state index contributed by atoms with van der Waals surface area (Å²) in [5.41, 5.74) is 2.25. The standard InChI is InChI=1S/C14H14BrN3O2/c1-20-11-7-18(8-11)14(19)13-6-12(16-17-13)9-2-4-10(15)5-3-9/h2-6,11H,7-8H2,1H3,(H,16,17). The molecule has 1 saturated heterocycles. The number of hydrogen-bond acceptors (Lipinski definition) is 3. The maximum absolute atomic E-state index is 12.2. The van der Waals surface area contributed by atoms with Gasteiger partial charge in [-0.1, -0.05) is 28.1 Å². The van der Waals surface area contributed by atoms with Crippen LogP contribution in [0.2, 0.25) is 0 Å². The first-order valence-electron chi connectivity index (χ1n) is 6.31. The summed E-state index contributed by atoms with van der Waals surface area (Å²) in [4.78, 5) is 13.9. The number of carbonyl (C=O) groups excluding carboxylic acids is 1. The first-order chi connectivity index (χ1) is 9.67. The van der Waals surface area contributed by atoms with E-state index in [0.717, 1.165) is 15.7 Å². The van der Waals surface area contributed by atoms with Crippen molar-refractivity contribution in [2.24, 2.45) is 0 Å². The Morgan fingerprint density at radius 3 is 2.75 bits per heavy atom. The molecule has 0 radical (unpaired) electrons. The lowest BCUT2D eigenvalue weighted by Gasteiger charge is -2.37. The number of rotatable bonds is 3. The third-order valence-corrected chi connectivity index (χ3v) is 3.95. The molecule has 0 unspecified atom stereocenters. The maximum Gasteiger partial charge on any atom is 0.272 e. The minimum Gasteiger partial charge on any atom is -0.378 e. The van der Waals surface area contributed by atoms with Crippen LogP contribution >= 0.6 is 15.9 Å². The summed E-state index contributed by atoms with van der Waals surface area (Å²) in [6.07, 6.45) is 0.160. The van der Waals surface area contributed by atoms with Crippen LogP contribution in [0.25, 0.3) is 11.3 Å². The molecular weight excluding hydrogens is 322 g/mol. The average molecular weight is 336 g/mol. The van der Waals surface area contributed by atoms with Crippen molar-refractivity contribution in [3.05, 3.63) is 40.5 Å². The van der Waals surface area contributed by atoms with Gasteiger partial charge >= 0.3 is 0 Å². The molecule has 1 aliphatic heterocycles. The predicted octanol–water partition coefficient (Wildman–Crippen LogP) is 2.31. The third-order valence-electron chi connectivity index (χ3n) is 3.42. The van der Waals surface area contributed by atoms with Gasteiger partial charge in [-0.15, -0.1) is 0 Å². The summed E-state index contributed by atoms with van der Waals surface area (Å²) in [6, 6.07) is 9.60. The number of aromatic amines is 1. The van der Waals surface area contributed by atoms with Gasteiger partial charge in [0.1, 0.15) is 5.69 Å². The number of carbonyl (C=O) groups is 1. The Morgan fingerprint density at radius 2 is 2.10 bits per heavy atom. The molecule has 5 nitrogen and oxygen atoms in total. The van der Waals surface area contributed by atoms with Gasteiger partial charge in [-0.3, -0.25) is 9.89 Å². The number of likely N-dealkylation sites (tertiary alicyclic amines) is 1. The highest BCUT2D eigenvalue weighted by Crippen LogP contribution is 2.22. The van der Waals surface area contributed by atoms with Crippen LogP contribution in [-0.4, -0.2) is 47.3 Å². The van der Waals surface area contributed by atoms with Crippen molar-refractivity contribution in [2.75, 3.05) is 20.2 Å². The van der Waals surface area contributed by atoms with Gasteiger partial charge in [0.05, 0.1) is 11.8 Å². The summed E-state index contributed by atoms with van der Waals surface area (Å²) < 4.78 is 6.18. The number of nitrogens with one attached hydrogen (secondary N) is 1. The second-order valence-electron chi connectivity index (χ2n) is 4.74. The molecule has 1 aromatic carbocycles. The van der Waals surface area contributed by atoms with Crippen molar-refractivity contribution in [2.45, 2.75) is 6.10 Å². The Kier molecular flexibility index (Phi) is 3.58. The fraction of sp³-hybridized carbons (Fsp3) is 0.286. The smallest absolute Gasteiger partial charge is 0.272 e. The molecule has 0 atom stereocenters. The number of hydrogen-bond donors (Lipinski definition) is 1. The molecule has 104 valence electrons. The van der Waals surface area contributed by atoms with Crippen LogP contribution in [0, 0.1) is 0 Å². The lowest BCUT2D eigenvalue weighted by atomic mass is 10.1. The van der Waals surface area contributed by atoms with Gasteiger partial charge in [0.15, 0.2) is 0 Å². The van der Waals surface area contributed by atoms with Gasteiger partial charge in [-0.05, 0) is 18.2 Å². The summed E-state index contributed by atoms with van der Waals surface area (Å²) in [6.45, 7) is 1.28. The number of benzene rings is 1. The van der Waals surface area contributed by atoms with Crippen molar-refractivity contribution >= 4 is 21.8 Å².